The van der Waals surface area contributed by atoms with Gasteiger partial charge in [0, 0.05) is 43.8 Å². The van der Waals surface area contributed by atoms with Crippen LogP contribution in [0.5, 0.6) is 0 Å². The Morgan fingerprint density at radius 3 is 2.78 bits per heavy atom. The smallest absolute Gasteiger partial charge is 0.123 e. The first-order chi connectivity index (χ1) is 11.2. The molecule has 0 radical (unpaired) electrons. The van der Waals surface area contributed by atoms with Crippen LogP contribution in [0.25, 0.3) is 0 Å². The van der Waals surface area contributed by atoms with E-state index in [0.29, 0.717) is 0 Å². The summed E-state index contributed by atoms with van der Waals surface area (Å²) in [7, 11) is 0. The van der Waals surface area contributed by atoms with Crippen LogP contribution < -0.4 is 0 Å². The van der Waals surface area contributed by atoms with Crippen molar-refractivity contribution >= 4 is 11.8 Å². The predicted octanol–water partition coefficient (Wildman–Crippen LogP) is 3.47. The van der Waals surface area contributed by atoms with Gasteiger partial charge >= 0.3 is 0 Å². The summed E-state index contributed by atoms with van der Waals surface area (Å²) >= 11 is 1.75. The maximum Gasteiger partial charge on any atom is 0.123 e. The van der Waals surface area contributed by atoms with E-state index in [9.17, 15) is 4.39 Å². The molecule has 1 atom stereocenters. The van der Waals surface area contributed by atoms with E-state index in [4.69, 9.17) is 0 Å². The van der Waals surface area contributed by atoms with Crippen LogP contribution in [0.2, 0.25) is 0 Å². The number of rotatable bonds is 2. The quantitative estimate of drug-likeness (QED) is 0.835. The van der Waals surface area contributed by atoms with Gasteiger partial charge in [-0.1, -0.05) is 18.7 Å². The predicted molar refractivity (Wildman–Crippen MR) is 91.4 cm³/mol. The third-order valence-electron chi connectivity index (χ3n) is 5.00. The highest BCUT2D eigenvalue weighted by atomic mass is 32.2. The van der Waals surface area contributed by atoms with Crippen molar-refractivity contribution in [1.29, 1.82) is 0 Å². The van der Waals surface area contributed by atoms with Crippen molar-refractivity contribution in [3.05, 3.63) is 47.9 Å². The number of hydrogen-bond acceptors (Lipinski definition) is 3. The minimum atomic E-state index is -0.131. The van der Waals surface area contributed by atoms with Crippen molar-refractivity contribution in [2.75, 3.05) is 32.7 Å². The van der Waals surface area contributed by atoms with Crippen LogP contribution in [-0.2, 0) is 6.54 Å². The van der Waals surface area contributed by atoms with Crippen molar-refractivity contribution in [2.45, 2.75) is 29.4 Å². The molecule has 0 bridgehead atoms. The van der Waals surface area contributed by atoms with Crippen LogP contribution in [-0.4, -0.2) is 47.1 Å². The molecular weight excluding hydrogens is 309 g/mol. The zero-order valence-corrected chi connectivity index (χ0v) is 14.2. The highest BCUT2D eigenvalue weighted by Crippen LogP contribution is 2.40. The fraction of sp³-hybridized carbons (Fsp3) is 0.444. The van der Waals surface area contributed by atoms with Crippen LogP contribution in [0.1, 0.15) is 18.5 Å². The molecule has 122 valence electrons. The Labute approximate surface area is 141 Å². The van der Waals surface area contributed by atoms with Gasteiger partial charge in [0.25, 0.3) is 0 Å². The maximum atomic E-state index is 13.9. The van der Waals surface area contributed by atoms with Crippen LogP contribution in [0.3, 0.4) is 0 Å². The van der Waals surface area contributed by atoms with Gasteiger partial charge in [0.15, 0.2) is 0 Å². The minimum absolute atomic E-state index is 0.131. The van der Waals surface area contributed by atoms with E-state index in [1.54, 1.807) is 23.9 Å². The Balaban J connectivity index is 1.69. The Bertz CT molecular complexity index is 691. The molecule has 2 aliphatic heterocycles. The van der Waals surface area contributed by atoms with E-state index in [1.807, 2.05) is 6.07 Å². The third kappa shape index (κ3) is 2.93. The average Bonchev–Trinajstić information content (AvgIpc) is 2.95. The van der Waals surface area contributed by atoms with Crippen molar-refractivity contribution in [1.82, 2.24) is 14.4 Å². The number of fused-ring (bicyclic) bond motifs is 2. The molecule has 4 rings (SSSR count). The summed E-state index contributed by atoms with van der Waals surface area (Å²) in [5.74, 6) is -0.131. The highest BCUT2D eigenvalue weighted by molar-refractivity contribution is 7.99. The summed E-state index contributed by atoms with van der Waals surface area (Å²) in [6, 6.07) is 9.76. The van der Waals surface area contributed by atoms with Crippen molar-refractivity contribution in [3.8, 4) is 0 Å². The molecule has 2 aromatic rings. The molecule has 0 N–H and O–H groups in total. The standard InChI is InChI=1S/C18H22FN3S/c1-2-20-8-10-21(11-9-20)16-13-22-7-3-4-18(22)23-17-6-5-14(19)12-15(16)17/h3-7,12,16H,2,8-11,13H2,1H3/t16-/m1/s1. The van der Waals surface area contributed by atoms with E-state index in [0.717, 1.165) is 44.8 Å². The maximum absolute atomic E-state index is 13.9. The van der Waals surface area contributed by atoms with Crippen LogP contribution in [0.15, 0.2) is 46.5 Å². The summed E-state index contributed by atoms with van der Waals surface area (Å²) in [6.45, 7) is 8.53. The first-order valence-electron chi connectivity index (χ1n) is 8.33. The lowest BCUT2D eigenvalue weighted by Crippen LogP contribution is -2.48. The monoisotopic (exact) mass is 331 g/mol. The molecule has 0 spiro atoms. The number of piperazine rings is 1. The van der Waals surface area contributed by atoms with Gasteiger partial charge in [0.05, 0.1) is 11.1 Å². The first-order valence-corrected chi connectivity index (χ1v) is 9.15. The number of aromatic nitrogens is 1. The van der Waals surface area contributed by atoms with Gasteiger partial charge in [-0.3, -0.25) is 4.90 Å². The molecule has 0 saturated carbocycles. The summed E-state index contributed by atoms with van der Waals surface area (Å²) in [5, 5.41) is 1.24. The number of halogens is 1. The average molecular weight is 331 g/mol. The second kappa shape index (κ2) is 6.30. The molecule has 23 heavy (non-hydrogen) atoms. The van der Waals surface area contributed by atoms with Crippen molar-refractivity contribution in [2.24, 2.45) is 0 Å². The van der Waals surface area contributed by atoms with Gasteiger partial charge in [-0.25, -0.2) is 4.39 Å². The lowest BCUT2D eigenvalue weighted by atomic mass is 10.0. The number of benzene rings is 1. The molecule has 1 saturated heterocycles. The normalized spacial score (nSPS) is 22.4. The van der Waals surface area contributed by atoms with Gasteiger partial charge in [0.2, 0.25) is 0 Å². The molecule has 2 aliphatic rings. The van der Waals surface area contributed by atoms with E-state index in [-0.39, 0.29) is 11.9 Å². The Morgan fingerprint density at radius 2 is 2.00 bits per heavy atom. The largest absolute Gasteiger partial charge is 0.341 e. The molecule has 5 heteroatoms. The lowest BCUT2D eigenvalue weighted by Gasteiger charge is -2.39. The van der Waals surface area contributed by atoms with Crippen molar-refractivity contribution in [3.63, 3.8) is 0 Å². The third-order valence-corrected chi connectivity index (χ3v) is 6.17. The van der Waals surface area contributed by atoms with Gasteiger partial charge in [-0.05, 0) is 42.4 Å². The molecule has 3 heterocycles. The molecule has 1 aromatic carbocycles. The summed E-state index contributed by atoms with van der Waals surface area (Å²) in [5.41, 5.74) is 1.14. The van der Waals surface area contributed by atoms with Gasteiger partial charge in [-0.2, -0.15) is 0 Å². The lowest BCUT2D eigenvalue weighted by molar-refractivity contribution is 0.0894. The minimum Gasteiger partial charge on any atom is -0.341 e. The van der Waals surface area contributed by atoms with E-state index in [1.165, 1.54) is 9.92 Å². The second-order valence-corrected chi connectivity index (χ2v) is 7.33. The molecule has 1 aromatic heterocycles. The summed E-state index contributed by atoms with van der Waals surface area (Å²) in [4.78, 5) is 6.20. The van der Waals surface area contributed by atoms with E-state index < -0.39 is 0 Å². The zero-order valence-electron chi connectivity index (χ0n) is 13.4. The Kier molecular flexibility index (Phi) is 4.18. The number of hydrogen-bond donors (Lipinski definition) is 0. The van der Waals surface area contributed by atoms with Crippen LogP contribution in [0, 0.1) is 5.82 Å². The Hall–Kier alpha value is -1.30. The Morgan fingerprint density at radius 1 is 1.17 bits per heavy atom. The van der Waals surface area contributed by atoms with Gasteiger partial charge < -0.3 is 9.47 Å². The van der Waals surface area contributed by atoms with E-state index in [2.05, 4.69) is 39.6 Å². The fourth-order valence-corrected chi connectivity index (χ4v) is 4.69. The molecule has 3 nitrogen and oxygen atoms in total. The highest BCUT2D eigenvalue weighted by Gasteiger charge is 2.29. The molecule has 0 amide bonds. The number of nitrogens with zero attached hydrogens (tertiary/aromatic N) is 3. The molecule has 0 aliphatic carbocycles. The molecule has 1 fully saturated rings. The second-order valence-electron chi connectivity index (χ2n) is 6.27. The summed E-state index contributed by atoms with van der Waals surface area (Å²) in [6.07, 6.45) is 2.14. The first kappa shape index (κ1) is 15.2. The van der Waals surface area contributed by atoms with Crippen molar-refractivity contribution < 1.29 is 4.39 Å². The fourth-order valence-electron chi connectivity index (χ4n) is 3.62. The molecular formula is C18H22FN3S. The van der Waals surface area contributed by atoms with Crippen LogP contribution >= 0.6 is 11.8 Å². The topological polar surface area (TPSA) is 11.4 Å². The SMILES string of the molecule is CCN1CCN([C@@H]2Cn3cccc3Sc3ccc(F)cc32)CC1. The molecule has 0 unspecified atom stereocenters. The van der Waals surface area contributed by atoms with E-state index >= 15 is 0 Å². The van der Waals surface area contributed by atoms with Gasteiger partial charge in [-0.15, -0.1) is 0 Å². The number of likely N-dealkylation sites (N-methyl/N-ethyl adjacent to an activating group) is 1. The van der Waals surface area contributed by atoms with Gasteiger partial charge in [0.1, 0.15) is 5.82 Å². The zero-order chi connectivity index (χ0) is 15.8. The van der Waals surface area contributed by atoms with Crippen LogP contribution in [0.4, 0.5) is 4.39 Å². The summed E-state index contributed by atoms with van der Waals surface area (Å²) < 4.78 is 16.2.